The number of imidazole rings is 1. The number of nitrogens with zero attached hydrogens (tertiary/aromatic N) is 5. The molecule has 0 aliphatic carbocycles. The summed E-state index contributed by atoms with van der Waals surface area (Å²) in [5.74, 6) is 1.08. The molecule has 1 aromatic carbocycles. The lowest BCUT2D eigenvalue weighted by Gasteiger charge is -2.11. The van der Waals surface area contributed by atoms with Crippen LogP contribution >= 0.6 is 15.9 Å². The molecule has 4 aromatic rings. The van der Waals surface area contributed by atoms with Crippen LogP contribution in [0.3, 0.4) is 0 Å². The summed E-state index contributed by atoms with van der Waals surface area (Å²) < 4.78 is 5.24. The Bertz CT molecular complexity index is 1260. The average molecular weight is 476 g/mol. The quantitative estimate of drug-likeness (QED) is 0.317. The first kappa shape index (κ1) is 21.3. The minimum atomic E-state index is 0.687. The summed E-state index contributed by atoms with van der Waals surface area (Å²) >= 11 is 3.54. The molecule has 3 aromatic heterocycles. The summed E-state index contributed by atoms with van der Waals surface area (Å²) in [6.45, 7) is 8.01. The van der Waals surface area contributed by atoms with E-state index in [0.29, 0.717) is 5.56 Å². The van der Waals surface area contributed by atoms with E-state index in [9.17, 15) is 5.26 Å². The molecule has 0 saturated heterocycles. The number of aromatic nitrogens is 4. The van der Waals surface area contributed by atoms with Crippen LogP contribution in [0.2, 0.25) is 0 Å². The maximum Gasteiger partial charge on any atom is 0.160 e. The summed E-state index contributed by atoms with van der Waals surface area (Å²) in [5, 5.41) is 9.66. The topological polar surface area (TPSA) is 59.4 Å². The first-order valence-electron chi connectivity index (χ1n) is 10.8. The monoisotopic (exact) mass is 475 g/mol. The van der Waals surface area contributed by atoms with E-state index in [1.807, 2.05) is 18.5 Å². The van der Waals surface area contributed by atoms with Crippen LogP contribution in [0.4, 0.5) is 0 Å². The van der Waals surface area contributed by atoms with Crippen molar-refractivity contribution in [2.24, 2.45) is 0 Å². The molecule has 0 radical (unpaired) electrons. The second-order valence-corrected chi connectivity index (χ2v) is 8.72. The lowest BCUT2D eigenvalue weighted by Crippen LogP contribution is -2.06. The third kappa shape index (κ3) is 4.03. The standard InChI is InChI=1S/C25H26BrN5/c1-4-6-22-29-23-17(3)11-12-28-25(23)31(22)15-18-7-9-19(10-8-18)24-20(14-27)21(26)16-30(24)13-5-2/h7-12,16H,4-6,13,15H2,1-3H3. The molecule has 6 heteroatoms. The Morgan fingerprint density at radius 1 is 1.10 bits per heavy atom. The summed E-state index contributed by atoms with van der Waals surface area (Å²) in [6.07, 6.45) is 6.85. The van der Waals surface area contributed by atoms with Crippen molar-refractivity contribution in [3.63, 3.8) is 0 Å². The maximum atomic E-state index is 9.66. The second-order valence-electron chi connectivity index (χ2n) is 7.87. The van der Waals surface area contributed by atoms with Gasteiger partial charge in [-0.3, -0.25) is 0 Å². The van der Waals surface area contributed by atoms with E-state index < -0.39 is 0 Å². The third-order valence-corrected chi connectivity index (χ3v) is 6.17. The lowest BCUT2D eigenvalue weighted by molar-refractivity contribution is 0.688. The van der Waals surface area contributed by atoms with Crippen molar-refractivity contribution in [3.8, 4) is 17.3 Å². The Balaban J connectivity index is 1.71. The number of hydrogen-bond acceptors (Lipinski definition) is 3. The molecule has 158 valence electrons. The predicted molar refractivity (Wildman–Crippen MR) is 128 cm³/mol. The smallest absolute Gasteiger partial charge is 0.160 e. The molecule has 31 heavy (non-hydrogen) atoms. The zero-order chi connectivity index (χ0) is 22.0. The zero-order valence-corrected chi connectivity index (χ0v) is 19.8. The van der Waals surface area contributed by atoms with E-state index in [1.165, 1.54) is 5.56 Å². The Kier molecular flexibility index (Phi) is 6.24. The number of halogens is 1. The Morgan fingerprint density at radius 2 is 1.87 bits per heavy atom. The van der Waals surface area contributed by atoms with Gasteiger partial charge in [0.1, 0.15) is 17.4 Å². The van der Waals surface area contributed by atoms with Crippen LogP contribution in [0.25, 0.3) is 22.4 Å². The highest BCUT2D eigenvalue weighted by Gasteiger charge is 2.17. The van der Waals surface area contributed by atoms with Crippen molar-refractivity contribution < 1.29 is 0 Å². The van der Waals surface area contributed by atoms with Crippen LogP contribution in [0, 0.1) is 18.3 Å². The molecule has 0 aliphatic heterocycles. The summed E-state index contributed by atoms with van der Waals surface area (Å²) in [6, 6.07) is 12.9. The number of nitriles is 1. The molecule has 0 unspecified atom stereocenters. The number of pyridine rings is 1. The van der Waals surface area contributed by atoms with Gasteiger partial charge in [-0.15, -0.1) is 0 Å². The van der Waals surface area contributed by atoms with Gasteiger partial charge in [0.2, 0.25) is 0 Å². The van der Waals surface area contributed by atoms with Gasteiger partial charge in [0.15, 0.2) is 5.65 Å². The van der Waals surface area contributed by atoms with Gasteiger partial charge in [-0.2, -0.15) is 5.26 Å². The minimum absolute atomic E-state index is 0.687. The van der Waals surface area contributed by atoms with E-state index >= 15 is 0 Å². The molecule has 0 aliphatic rings. The molecule has 0 saturated carbocycles. The number of fused-ring (bicyclic) bond motifs is 1. The highest BCUT2D eigenvalue weighted by atomic mass is 79.9. The molecule has 0 fully saturated rings. The van der Waals surface area contributed by atoms with Gasteiger partial charge < -0.3 is 9.13 Å². The highest BCUT2D eigenvalue weighted by Crippen LogP contribution is 2.32. The molecule has 5 nitrogen and oxygen atoms in total. The van der Waals surface area contributed by atoms with Gasteiger partial charge >= 0.3 is 0 Å². The first-order chi connectivity index (χ1) is 15.1. The largest absolute Gasteiger partial charge is 0.345 e. The zero-order valence-electron chi connectivity index (χ0n) is 18.2. The molecule has 0 bridgehead atoms. The van der Waals surface area contributed by atoms with Crippen LogP contribution < -0.4 is 0 Å². The van der Waals surface area contributed by atoms with Crippen molar-refractivity contribution in [1.82, 2.24) is 19.1 Å². The normalized spacial score (nSPS) is 11.2. The van der Waals surface area contributed by atoms with Gasteiger partial charge in [0.25, 0.3) is 0 Å². The van der Waals surface area contributed by atoms with E-state index in [2.05, 4.69) is 81.2 Å². The van der Waals surface area contributed by atoms with Crippen molar-refractivity contribution in [2.75, 3.05) is 0 Å². The van der Waals surface area contributed by atoms with E-state index in [0.717, 1.165) is 70.6 Å². The van der Waals surface area contributed by atoms with E-state index in [-0.39, 0.29) is 0 Å². The van der Waals surface area contributed by atoms with Crippen molar-refractivity contribution in [1.29, 1.82) is 5.26 Å². The number of hydrogen-bond donors (Lipinski definition) is 0. The second kappa shape index (κ2) is 9.07. The molecule has 4 rings (SSSR count). The highest BCUT2D eigenvalue weighted by molar-refractivity contribution is 9.10. The molecule has 0 spiro atoms. The van der Waals surface area contributed by atoms with E-state index in [4.69, 9.17) is 4.98 Å². The van der Waals surface area contributed by atoms with Gasteiger partial charge in [-0.1, -0.05) is 38.1 Å². The maximum absolute atomic E-state index is 9.66. The summed E-state index contributed by atoms with van der Waals surface area (Å²) in [5.41, 5.74) is 6.99. The van der Waals surface area contributed by atoms with Gasteiger partial charge in [-0.25, -0.2) is 9.97 Å². The van der Waals surface area contributed by atoms with Crippen LogP contribution in [0.15, 0.2) is 47.2 Å². The fraction of sp³-hybridized carbons (Fsp3) is 0.320. The third-order valence-electron chi connectivity index (χ3n) is 5.56. The Morgan fingerprint density at radius 3 is 2.55 bits per heavy atom. The van der Waals surface area contributed by atoms with Crippen molar-refractivity contribution in [2.45, 2.75) is 53.1 Å². The summed E-state index contributed by atoms with van der Waals surface area (Å²) in [4.78, 5) is 9.50. The SMILES string of the molecule is CCCc1nc2c(C)ccnc2n1Cc1ccc(-c2c(C#N)c(Br)cn2CCC)cc1. The predicted octanol–water partition coefficient (Wildman–Crippen LogP) is 6.25. The number of aryl methyl sites for hydroxylation is 3. The van der Waals surface area contributed by atoms with Crippen molar-refractivity contribution in [3.05, 3.63) is 69.7 Å². The van der Waals surface area contributed by atoms with Crippen LogP contribution in [-0.4, -0.2) is 19.1 Å². The number of benzene rings is 1. The first-order valence-corrected chi connectivity index (χ1v) is 11.5. The fourth-order valence-electron chi connectivity index (χ4n) is 4.07. The van der Waals surface area contributed by atoms with Gasteiger partial charge in [0, 0.05) is 25.4 Å². The molecule has 0 atom stereocenters. The van der Waals surface area contributed by atoms with Crippen LogP contribution in [-0.2, 0) is 19.5 Å². The van der Waals surface area contributed by atoms with Gasteiger partial charge in [-0.05, 0) is 58.5 Å². The van der Waals surface area contributed by atoms with Crippen molar-refractivity contribution >= 4 is 27.1 Å². The molecular weight excluding hydrogens is 450 g/mol. The van der Waals surface area contributed by atoms with Gasteiger partial charge in [0.05, 0.1) is 22.3 Å². The minimum Gasteiger partial charge on any atom is -0.345 e. The molecular formula is C25H26BrN5. The fourth-order valence-corrected chi connectivity index (χ4v) is 4.59. The average Bonchev–Trinajstić information content (AvgIpc) is 3.27. The Labute approximate surface area is 191 Å². The molecule has 0 N–H and O–H groups in total. The van der Waals surface area contributed by atoms with E-state index in [1.54, 1.807) is 0 Å². The van der Waals surface area contributed by atoms with Crippen LogP contribution in [0.5, 0.6) is 0 Å². The van der Waals surface area contributed by atoms with Crippen LogP contribution in [0.1, 0.15) is 49.2 Å². The lowest BCUT2D eigenvalue weighted by atomic mass is 10.1. The Hall–Kier alpha value is -2.91. The molecule has 0 amide bonds. The number of rotatable bonds is 7. The summed E-state index contributed by atoms with van der Waals surface area (Å²) in [7, 11) is 0. The molecule has 3 heterocycles.